The molecule has 0 spiro atoms. The molecule has 0 aliphatic rings. The average Bonchev–Trinajstić information content (AvgIpc) is 2.61. The number of ether oxygens (including phenoxy) is 1. The first kappa shape index (κ1) is 16.7. The number of pyridine rings is 1. The highest BCUT2D eigenvalue weighted by Gasteiger charge is 2.09. The fourth-order valence-electron chi connectivity index (χ4n) is 2.23. The average molecular weight is 312 g/mol. The molecule has 1 N–H and O–H groups in total. The predicted octanol–water partition coefficient (Wildman–Crippen LogP) is 2.41. The van der Waals surface area contributed by atoms with Crippen LogP contribution in [0.4, 0.5) is 0 Å². The number of nitrogens with zero attached hydrogens (tertiary/aromatic N) is 1. The maximum absolute atomic E-state index is 11.9. The van der Waals surface area contributed by atoms with Crippen molar-refractivity contribution in [3.05, 3.63) is 59.9 Å². The smallest absolute Gasteiger partial charge is 0.220 e. The number of benzene rings is 1. The molecule has 0 atom stereocenters. The molecule has 2 aromatic rings. The van der Waals surface area contributed by atoms with Gasteiger partial charge in [-0.2, -0.15) is 0 Å². The first-order chi connectivity index (χ1) is 11.2. The molecule has 0 radical (unpaired) electrons. The summed E-state index contributed by atoms with van der Waals surface area (Å²) in [6.45, 7) is 0.514. The zero-order valence-corrected chi connectivity index (χ0v) is 13.1. The molecule has 0 aliphatic heterocycles. The van der Waals surface area contributed by atoms with Gasteiger partial charge in [0.2, 0.25) is 5.91 Å². The molecule has 1 aromatic heterocycles. The minimum Gasteiger partial charge on any atom is -0.496 e. The zero-order chi connectivity index (χ0) is 16.5. The molecule has 23 heavy (non-hydrogen) atoms. The molecule has 5 nitrogen and oxygen atoms in total. The van der Waals surface area contributed by atoms with Gasteiger partial charge in [0.1, 0.15) is 5.75 Å². The molecular formula is C18H20N2O3. The summed E-state index contributed by atoms with van der Waals surface area (Å²) in [6, 6.07) is 11.1. The van der Waals surface area contributed by atoms with Crippen LogP contribution in [0.1, 0.15) is 28.8 Å². The summed E-state index contributed by atoms with van der Waals surface area (Å²) < 4.78 is 5.27. The Morgan fingerprint density at radius 2 is 1.96 bits per heavy atom. The van der Waals surface area contributed by atoms with Crippen LogP contribution in [0.15, 0.2) is 48.8 Å². The van der Waals surface area contributed by atoms with E-state index in [0.29, 0.717) is 18.5 Å². The van der Waals surface area contributed by atoms with Crippen LogP contribution in [-0.2, 0) is 11.2 Å². The molecule has 5 heteroatoms. The Balaban J connectivity index is 1.72. The van der Waals surface area contributed by atoms with E-state index in [1.165, 1.54) is 6.20 Å². The monoisotopic (exact) mass is 312 g/mol. The molecule has 0 saturated carbocycles. The van der Waals surface area contributed by atoms with E-state index in [2.05, 4.69) is 10.3 Å². The fourth-order valence-corrected chi connectivity index (χ4v) is 2.23. The second kappa shape index (κ2) is 8.68. The highest BCUT2D eigenvalue weighted by atomic mass is 16.5. The van der Waals surface area contributed by atoms with Gasteiger partial charge in [0.15, 0.2) is 5.78 Å². The number of hydrogen-bond acceptors (Lipinski definition) is 4. The minimum absolute atomic E-state index is 0.0713. The van der Waals surface area contributed by atoms with Gasteiger partial charge in [-0.15, -0.1) is 0 Å². The van der Waals surface area contributed by atoms with E-state index in [4.69, 9.17) is 4.74 Å². The molecule has 1 heterocycles. The third-order valence-electron chi connectivity index (χ3n) is 3.47. The first-order valence-electron chi connectivity index (χ1n) is 7.52. The number of Topliss-reactive ketones (excluding diaryl/α,β-unsaturated/α-hetero) is 1. The van der Waals surface area contributed by atoms with Gasteiger partial charge in [-0.25, -0.2) is 0 Å². The topological polar surface area (TPSA) is 68.3 Å². The molecule has 0 unspecified atom stereocenters. The van der Waals surface area contributed by atoms with Crippen molar-refractivity contribution in [1.29, 1.82) is 0 Å². The van der Waals surface area contributed by atoms with Crippen LogP contribution >= 0.6 is 0 Å². The number of methoxy groups -OCH3 is 1. The van der Waals surface area contributed by atoms with Crippen LogP contribution in [-0.4, -0.2) is 30.3 Å². The Morgan fingerprint density at radius 1 is 1.13 bits per heavy atom. The maximum atomic E-state index is 11.9. The second-order valence-corrected chi connectivity index (χ2v) is 5.08. The van der Waals surface area contributed by atoms with Crippen molar-refractivity contribution in [2.75, 3.05) is 13.7 Å². The number of amides is 1. The lowest BCUT2D eigenvalue weighted by molar-refractivity contribution is -0.121. The number of ketones is 1. The molecule has 0 bridgehead atoms. The van der Waals surface area contributed by atoms with Crippen molar-refractivity contribution in [2.45, 2.75) is 19.3 Å². The summed E-state index contributed by atoms with van der Waals surface area (Å²) >= 11 is 0. The zero-order valence-electron chi connectivity index (χ0n) is 13.1. The van der Waals surface area contributed by atoms with Crippen molar-refractivity contribution in [2.24, 2.45) is 0 Å². The number of nitrogens with one attached hydrogen (secondary N) is 1. The van der Waals surface area contributed by atoms with Gasteiger partial charge in [-0.1, -0.05) is 18.2 Å². The predicted molar refractivity (Wildman–Crippen MR) is 87.5 cm³/mol. The highest BCUT2D eigenvalue weighted by molar-refractivity contribution is 5.97. The Morgan fingerprint density at radius 3 is 2.70 bits per heavy atom. The number of carbonyl (C=O) groups excluding carboxylic acids is 2. The molecule has 1 aromatic carbocycles. The number of para-hydroxylation sites is 1. The van der Waals surface area contributed by atoms with Gasteiger partial charge in [0, 0.05) is 37.3 Å². The van der Waals surface area contributed by atoms with Crippen LogP contribution < -0.4 is 10.1 Å². The van der Waals surface area contributed by atoms with Crippen molar-refractivity contribution < 1.29 is 14.3 Å². The summed E-state index contributed by atoms with van der Waals surface area (Å²) in [5.41, 5.74) is 1.58. The molecule has 120 valence electrons. The molecule has 2 rings (SSSR count). The van der Waals surface area contributed by atoms with E-state index in [1.807, 2.05) is 24.3 Å². The summed E-state index contributed by atoms with van der Waals surface area (Å²) in [5.74, 6) is 0.614. The van der Waals surface area contributed by atoms with E-state index in [0.717, 1.165) is 11.3 Å². The first-order valence-corrected chi connectivity index (χ1v) is 7.52. The van der Waals surface area contributed by atoms with E-state index in [9.17, 15) is 9.59 Å². The molecule has 1 amide bonds. The minimum atomic E-state index is -0.128. The third-order valence-corrected chi connectivity index (χ3v) is 3.47. The van der Waals surface area contributed by atoms with Gasteiger partial charge < -0.3 is 10.1 Å². The fraction of sp³-hybridized carbons (Fsp3) is 0.278. The van der Waals surface area contributed by atoms with E-state index in [1.54, 1.807) is 25.4 Å². The van der Waals surface area contributed by atoms with E-state index in [-0.39, 0.29) is 24.5 Å². The summed E-state index contributed by atoms with van der Waals surface area (Å²) in [7, 11) is 1.63. The van der Waals surface area contributed by atoms with Crippen LogP contribution in [0.5, 0.6) is 5.75 Å². The van der Waals surface area contributed by atoms with Crippen molar-refractivity contribution in [3.63, 3.8) is 0 Å². The van der Waals surface area contributed by atoms with Crippen molar-refractivity contribution >= 4 is 11.7 Å². The van der Waals surface area contributed by atoms with Gasteiger partial charge >= 0.3 is 0 Å². The summed E-state index contributed by atoms with van der Waals surface area (Å²) in [5, 5.41) is 2.83. The third kappa shape index (κ3) is 5.21. The molecule has 0 saturated heterocycles. The maximum Gasteiger partial charge on any atom is 0.220 e. The van der Waals surface area contributed by atoms with Gasteiger partial charge in [0.25, 0.3) is 0 Å². The SMILES string of the molecule is COc1ccccc1CCNC(=O)CCC(=O)c1cccnc1. The summed E-state index contributed by atoms with van der Waals surface area (Å²) in [6.07, 6.45) is 4.18. The van der Waals surface area contributed by atoms with Crippen LogP contribution in [0.2, 0.25) is 0 Å². The normalized spacial score (nSPS) is 10.1. The van der Waals surface area contributed by atoms with Crippen LogP contribution in [0, 0.1) is 0 Å². The number of aromatic nitrogens is 1. The van der Waals surface area contributed by atoms with Crippen molar-refractivity contribution in [1.82, 2.24) is 10.3 Å². The van der Waals surface area contributed by atoms with Gasteiger partial charge in [-0.3, -0.25) is 14.6 Å². The lowest BCUT2D eigenvalue weighted by atomic mass is 10.1. The van der Waals surface area contributed by atoms with Crippen molar-refractivity contribution in [3.8, 4) is 5.75 Å². The lowest BCUT2D eigenvalue weighted by Crippen LogP contribution is -2.26. The Labute approximate surface area is 135 Å². The molecular weight excluding hydrogens is 292 g/mol. The van der Waals surface area contributed by atoms with E-state index >= 15 is 0 Å². The summed E-state index contributed by atoms with van der Waals surface area (Å²) in [4.78, 5) is 27.6. The molecule has 0 aliphatic carbocycles. The Hall–Kier alpha value is -2.69. The number of hydrogen-bond donors (Lipinski definition) is 1. The quantitative estimate of drug-likeness (QED) is 0.760. The lowest BCUT2D eigenvalue weighted by Gasteiger charge is -2.09. The largest absolute Gasteiger partial charge is 0.496 e. The number of carbonyl (C=O) groups is 2. The van der Waals surface area contributed by atoms with Crippen LogP contribution in [0.3, 0.4) is 0 Å². The highest BCUT2D eigenvalue weighted by Crippen LogP contribution is 2.17. The number of rotatable bonds is 8. The van der Waals surface area contributed by atoms with Gasteiger partial charge in [-0.05, 0) is 30.2 Å². The van der Waals surface area contributed by atoms with Gasteiger partial charge in [0.05, 0.1) is 7.11 Å². The van der Waals surface area contributed by atoms with E-state index < -0.39 is 0 Å². The van der Waals surface area contributed by atoms with Crippen LogP contribution in [0.25, 0.3) is 0 Å². The molecule has 0 fully saturated rings. The standard InChI is InChI=1S/C18H20N2O3/c1-23-17-7-3-2-5-14(17)10-12-20-18(22)9-8-16(21)15-6-4-11-19-13-15/h2-7,11,13H,8-10,12H2,1H3,(H,20,22). The Bertz CT molecular complexity index is 656. The second-order valence-electron chi connectivity index (χ2n) is 5.08. The Kier molecular flexibility index (Phi) is 6.29.